The molecule has 4 rings (SSSR count). The van der Waals surface area contributed by atoms with E-state index in [9.17, 15) is 14.7 Å². The predicted octanol–water partition coefficient (Wildman–Crippen LogP) is 3.91. The number of hydrogen-bond acceptors (Lipinski definition) is 8. The zero-order valence-electron chi connectivity index (χ0n) is 21.0. The van der Waals surface area contributed by atoms with Crippen molar-refractivity contribution >= 4 is 35.5 Å². The number of aliphatic carboxylic acids is 1. The summed E-state index contributed by atoms with van der Waals surface area (Å²) in [5.41, 5.74) is 2.59. The van der Waals surface area contributed by atoms with Gasteiger partial charge < -0.3 is 25.0 Å². The fraction of sp³-hybridized carbons (Fsp3) is 0.346. The van der Waals surface area contributed by atoms with Crippen molar-refractivity contribution in [1.29, 1.82) is 0 Å². The molecule has 11 heteroatoms. The number of ether oxygens (including phenoxy) is 1. The van der Waals surface area contributed by atoms with Crippen molar-refractivity contribution in [2.45, 2.75) is 32.7 Å². The number of nitrogens with zero attached hydrogens (tertiary/aromatic N) is 5. The Bertz CT molecular complexity index is 1250. The van der Waals surface area contributed by atoms with E-state index in [-0.39, 0.29) is 18.9 Å². The number of urea groups is 1. The Morgan fingerprint density at radius 3 is 2.57 bits per heavy atom. The Morgan fingerprint density at radius 2 is 1.84 bits per heavy atom. The lowest BCUT2D eigenvalue weighted by Crippen LogP contribution is -2.30. The first kappa shape index (κ1) is 25.7. The number of anilines is 4. The summed E-state index contributed by atoms with van der Waals surface area (Å²) in [6.45, 7) is 4.19. The largest absolute Gasteiger partial charge is 0.495 e. The third-order valence-corrected chi connectivity index (χ3v) is 5.92. The number of rotatable bonds is 10. The van der Waals surface area contributed by atoms with Gasteiger partial charge in [-0.25, -0.2) is 4.79 Å². The van der Waals surface area contributed by atoms with Gasteiger partial charge in [-0.1, -0.05) is 42.0 Å². The molecule has 0 bridgehead atoms. The van der Waals surface area contributed by atoms with Crippen LogP contribution in [0.15, 0.2) is 48.5 Å². The quantitative estimate of drug-likeness (QED) is 0.375. The molecule has 1 aromatic heterocycles. The first-order valence-corrected chi connectivity index (χ1v) is 12.2. The van der Waals surface area contributed by atoms with E-state index >= 15 is 0 Å². The minimum atomic E-state index is -0.919. The standard InChI is InChI=1S/C26H31N7O4/c1-18-8-7-9-19(16-18)17-33(15-12-22(34)35)25-29-23(28-24(31-25)32-13-5-6-14-32)30-26(36)27-20-10-3-4-11-21(20)37-2/h3-4,7-11,16H,5-6,12-15,17H2,1-2H3,(H,34,35)(H2,27,28,29,30,31,36). The molecule has 3 aromatic rings. The lowest BCUT2D eigenvalue weighted by atomic mass is 10.1. The normalized spacial score (nSPS) is 12.8. The van der Waals surface area contributed by atoms with Crippen molar-refractivity contribution < 1.29 is 19.4 Å². The van der Waals surface area contributed by atoms with Crippen LogP contribution in [0, 0.1) is 6.92 Å². The van der Waals surface area contributed by atoms with Crippen molar-refractivity contribution in [3.8, 4) is 5.75 Å². The van der Waals surface area contributed by atoms with Crippen molar-refractivity contribution in [2.24, 2.45) is 0 Å². The monoisotopic (exact) mass is 505 g/mol. The van der Waals surface area contributed by atoms with Gasteiger partial charge in [0.05, 0.1) is 19.2 Å². The topological polar surface area (TPSA) is 133 Å². The number of methoxy groups -OCH3 is 1. The average molecular weight is 506 g/mol. The minimum absolute atomic E-state index is 0.0730. The van der Waals surface area contributed by atoms with Crippen LogP contribution in [-0.4, -0.2) is 58.8 Å². The first-order chi connectivity index (χ1) is 17.9. The van der Waals surface area contributed by atoms with Gasteiger partial charge in [-0.15, -0.1) is 0 Å². The van der Waals surface area contributed by atoms with E-state index in [0.29, 0.717) is 29.9 Å². The molecule has 0 spiro atoms. The Morgan fingerprint density at radius 1 is 1.05 bits per heavy atom. The Kier molecular flexibility index (Phi) is 8.34. The maximum atomic E-state index is 12.8. The van der Waals surface area contributed by atoms with E-state index in [0.717, 1.165) is 37.1 Å². The molecule has 11 nitrogen and oxygen atoms in total. The first-order valence-electron chi connectivity index (χ1n) is 12.2. The summed E-state index contributed by atoms with van der Waals surface area (Å²) < 4.78 is 5.30. The third kappa shape index (κ3) is 7.06. The molecule has 0 atom stereocenters. The fourth-order valence-electron chi connectivity index (χ4n) is 4.12. The van der Waals surface area contributed by atoms with Crippen molar-refractivity contribution in [2.75, 3.05) is 47.2 Å². The van der Waals surface area contributed by atoms with Gasteiger partial charge in [0.1, 0.15) is 5.75 Å². The summed E-state index contributed by atoms with van der Waals surface area (Å²) in [6.07, 6.45) is 1.95. The van der Waals surface area contributed by atoms with Gasteiger partial charge in [-0.3, -0.25) is 10.1 Å². The number of benzene rings is 2. The van der Waals surface area contributed by atoms with Gasteiger partial charge in [0.15, 0.2) is 0 Å². The van der Waals surface area contributed by atoms with E-state index in [2.05, 4.69) is 25.6 Å². The van der Waals surface area contributed by atoms with E-state index in [1.165, 1.54) is 7.11 Å². The molecule has 37 heavy (non-hydrogen) atoms. The molecule has 0 saturated carbocycles. The fourth-order valence-corrected chi connectivity index (χ4v) is 4.12. The van der Waals surface area contributed by atoms with Crippen LogP contribution >= 0.6 is 0 Å². The van der Waals surface area contributed by atoms with Gasteiger partial charge in [0.25, 0.3) is 0 Å². The second-order valence-corrected chi connectivity index (χ2v) is 8.79. The van der Waals surface area contributed by atoms with Crippen LogP contribution in [0.25, 0.3) is 0 Å². The SMILES string of the molecule is COc1ccccc1NC(=O)Nc1nc(N2CCCC2)nc(N(CCC(=O)O)Cc2cccc(C)c2)n1. The molecule has 194 valence electrons. The Labute approximate surface area is 215 Å². The van der Waals surface area contributed by atoms with Gasteiger partial charge >= 0.3 is 12.0 Å². The van der Waals surface area contributed by atoms with Crippen LogP contribution < -0.4 is 25.2 Å². The maximum Gasteiger partial charge on any atom is 0.326 e. The highest BCUT2D eigenvalue weighted by Gasteiger charge is 2.22. The zero-order chi connectivity index (χ0) is 26.2. The summed E-state index contributed by atoms with van der Waals surface area (Å²) in [5, 5.41) is 14.8. The Hall–Kier alpha value is -4.41. The van der Waals surface area contributed by atoms with E-state index in [1.807, 2.05) is 42.2 Å². The molecule has 2 heterocycles. The zero-order valence-corrected chi connectivity index (χ0v) is 21.0. The molecule has 1 aliphatic heterocycles. The smallest absolute Gasteiger partial charge is 0.326 e. The molecule has 1 saturated heterocycles. The number of carboxylic acid groups (broad SMARTS) is 1. The van der Waals surface area contributed by atoms with E-state index in [1.54, 1.807) is 23.1 Å². The summed E-state index contributed by atoms with van der Waals surface area (Å²) in [4.78, 5) is 41.7. The number of nitrogens with one attached hydrogen (secondary N) is 2. The number of para-hydroxylation sites is 2. The Balaban J connectivity index is 1.63. The number of aromatic nitrogens is 3. The van der Waals surface area contributed by atoms with Crippen LogP contribution in [0.5, 0.6) is 5.75 Å². The van der Waals surface area contributed by atoms with E-state index < -0.39 is 12.0 Å². The predicted molar refractivity (Wildman–Crippen MR) is 141 cm³/mol. The number of carboxylic acids is 1. The van der Waals surface area contributed by atoms with E-state index in [4.69, 9.17) is 4.74 Å². The lowest BCUT2D eigenvalue weighted by molar-refractivity contribution is -0.136. The molecular formula is C26H31N7O4. The molecule has 0 unspecified atom stereocenters. The number of amides is 2. The summed E-state index contributed by atoms with van der Waals surface area (Å²) in [6, 6.07) is 14.5. The highest BCUT2D eigenvalue weighted by atomic mass is 16.5. The minimum Gasteiger partial charge on any atom is -0.495 e. The molecule has 3 N–H and O–H groups in total. The second-order valence-electron chi connectivity index (χ2n) is 8.79. The van der Waals surface area contributed by atoms with Crippen LogP contribution in [0.1, 0.15) is 30.4 Å². The van der Waals surface area contributed by atoms with Crippen molar-refractivity contribution in [1.82, 2.24) is 15.0 Å². The molecular weight excluding hydrogens is 474 g/mol. The summed E-state index contributed by atoms with van der Waals surface area (Å²) in [7, 11) is 1.53. The summed E-state index contributed by atoms with van der Waals surface area (Å²) >= 11 is 0. The third-order valence-electron chi connectivity index (χ3n) is 5.92. The van der Waals surface area contributed by atoms with Gasteiger partial charge in [-0.2, -0.15) is 15.0 Å². The highest BCUT2D eigenvalue weighted by Crippen LogP contribution is 2.25. The number of hydrogen-bond donors (Lipinski definition) is 3. The molecule has 2 amide bonds. The molecule has 1 aliphatic rings. The maximum absolute atomic E-state index is 12.8. The van der Waals surface area contributed by atoms with Crippen LogP contribution in [0.4, 0.5) is 28.3 Å². The highest BCUT2D eigenvalue weighted by molar-refractivity contribution is 5.99. The van der Waals surface area contributed by atoms with Crippen molar-refractivity contribution in [3.05, 3.63) is 59.7 Å². The number of carbonyl (C=O) groups is 2. The van der Waals surface area contributed by atoms with Gasteiger partial charge in [0, 0.05) is 26.2 Å². The molecule has 0 radical (unpaired) electrons. The lowest BCUT2D eigenvalue weighted by Gasteiger charge is -2.24. The molecule has 1 fully saturated rings. The summed E-state index contributed by atoms with van der Waals surface area (Å²) in [5.74, 6) is 0.415. The van der Waals surface area contributed by atoms with Crippen LogP contribution in [0.3, 0.4) is 0 Å². The average Bonchev–Trinajstić information content (AvgIpc) is 3.42. The second kappa shape index (κ2) is 12.0. The molecule has 0 aliphatic carbocycles. The number of aryl methyl sites for hydroxylation is 1. The van der Waals surface area contributed by atoms with Gasteiger partial charge in [-0.05, 0) is 37.5 Å². The molecule has 2 aromatic carbocycles. The van der Waals surface area contributed by atoms with Crippen LogP contribution in [0.2, 0.25) is 0 Å². The van der Waals surface area contributed by atoms with Crippen molar-refractivity contribution in [3.63, 3.8) is 0 Å². The van der Waals surface area contributed by atoms with Crippen LogP contribution in [-0.2, 0) is 11.3 Å². The van der Waals surface area contributed by atoms with Gasteiger partial charge in [0.2, 0.25) is 17.8 Å². The number of carbonyl (C=O) groups excluding carboxylic acids is 1.